The van der Waals surface area contributed by atoms with E-state index >= 15 is 0 Å². The highest BCUT2D eigenvalue weighted by atomic mass is 19.1. The molecule has 1 aliphatic rings. The van der Waals surface area contributed by atoms with Crippen LogP contribution in [0.2, 0.25) is 0 Å². The second-order valence-corrected chi connectivity index (χ2v) is 5.95. The number of β-amino-alcohol motifs (C(OH)–C–C–N with tert-alkyl or cyclic N) is 1. The van der Waals surface area contributed by atoms with Gasteiger partial charge in [0.15, 0.2) is 5.69 Å². The van der Waals surface area contributed by atoms with Crippen LogP contribution in [0.25, 0.3) is 0 Å². The van der Waals surface area contributed by atoms with E-state index < -0.39 is 11.4 Å². The molecule has 0 radical (unpaired) electrons. The highest BCUT2D eigenvalue weighted by Crippen LogP contribution is 2.25. The number of aromatic nitrogens is 2. The molecule has 0 bridgehead atoms. The van der Waals surface area contributed by atoms with Crippen molar-refractivity contribution in [3.63, 3.8) is 0 Å². The van der Waals surface area contributed by atoms with E-state index in [1.165, 1.54) is 6.07 Å². The number of pyridine rings is 1. The Labute approximate surface area is 138 Å². The summed E-state index contributed by atoms with van der Waals surface area (Å²) in [6.07, 6.45) is 2.28. The second kappa shape index (κ2) is 6.56. The van der Waals surface area contributed by atoms with Crippen LogP contribution in [0.4, 0.5) is 10.2 Å². The molecule has 0 aromatic carbocycles. The Morgan fingerprint density at radius 1 is 1.54 bits per heavy atom. The van der Waals surface area contributed by atoms with Gasteiger partial charge in [-0.05, 0) is 18.6 Å². The number of rotatable bonds is 5. The topological polar surface area (TPSA) is 91.5 Å². The lowest BCUT2D eigenvalue weighted by atomic mass is 10.0. The van der Waals surface area contributed by atoms with Crippen LogP contribution in [0.1, 0.15) is 29.6 Å². The van der Waals surface area contributed by atoms with Crippen LogP contribution in [0.3, 0.4) is 0 Å². The smallest absolute Gasteiger partial charge is 0.273 e. The molecular weight excluding hydrogens is 315 g/mol. The number of nitrogens with zero attached hydrogens (tertiary/aromatic N) is 3. The fraction of sp³-hybridized carbons (Fsp3) is 0.438. The molecule has 3 heterocycles. The normalized spacial score (nSPS) is 20.4. The lowest BCUT2D eigenvalue weighted by Crippen LogP contribution is -2.45. The number of halogens is 1. The van der Waals surface area contributed by atoms with E-state index in [0.29, 0.717) is 37.5 Å². The number of nitrogens with one attached hydrogen (secondary N) is 1. The van der Waals surface area contributed by atoms with Gasteiger partial charge < -0.3 is 19.8 Å². The van der Waals surface area contributed by atoms with Gasteiger partial charge >= 0.3 is 0 Å². The number of hydrogen-bond donors (Lipinski definition) is 2. The minimum Gasteiger partial charge on any atom is -0.386 e. The van der Waals surface area contributed by atoms with Crippen LogP contribution in [0.15, 0.2) is 28.9 Å². The van der Waals surface area contributed by atoms with Gasteiger partial charge in [0.1, 0.15) is 23.0 Å². The van der Waals surface area contributed by atoms with Gasteiger partial charge in [-0.15, -0.1) is 0 Å². The van der Waals surface area contributed by atoms with Gasteiger partial charge in [0.25, 0.3) is 5.91 Å². The van der Waals surface area contributed by atoms with Crippen molar-refractivity contribution in [2.24, 2.45) is 0 Å². The number of anilines is 1. The summed E-state index contributed by atoms with van der Waals surface area (Å²) in [6.45, 7) is 2.89. The zero-order valence-corrected chi connectivity index (χ0v) is 13.3. The van der Waals surface area contributed by atoms with E-state index in [4.69, 9.17) is 4.52 Å². The number of carbonyl (C=O) groups excluding carboxylic acids is 1. The minimum absolute atomic E-state index is 0.0951. The number of carbonyl (C=O) groups is 1. The third kappa shape index (κ3) is 3.53. The van der Waals surface area contributed by atoms with Gasteiger partial charge in [0.05, 0.1) is 6.20 Å². The summed E-state index contributed by atoms with van der Waals surface area (Å²) in [5.74, 6) is 0.445. The first-order chi connectivity index (χ1) is 11.5. The maximum atomic E-state index is 12.9. The van der Waals surface area contributed by atoms with Crippen LogP contribution in [0.5, 0.6) is 0 Å². The molecule has 7 nitrogen and oxygen atoms in total. The molecule has 0 aliphatic carbocycles. The zero-order valence-electron chi connectivity index (χ0n) is 13.3. The Kier molecular flexibility index (Phi) is 4.48. The summed E-state index contributed by atoms with van der Waals surface area (Å²) in [6, 6.07) is 4.49. The predicted molar refractivity (Wildman–Crippen MR) is 84.2 cm³/mol. The Hall–Kier alpha value is -2.48. The molecule has 1 unspecified atom stereocenters. The Morgan fingerprint density at radius 3 is 3.04 bits per heavy atom. The molecular formula is C16H19FN4O3. The van der Waals surface area contributed by atoms with Gasteiger partial charge in [-0.1, -0.05) is 12.1 Å². The molecule has 3 rings (SSSR count). The van der Waals surface area contributed by atoms with Crippen LogP contribution in [-0.2, 0) is 6.42 Å². The van der Waals surface area contributed by atoms with Gasteiger partial charge in [-0.2, -0.15) is 0 Å². The number of aryl methyl sites for hydroxylation is 1. The summed E-state index contributed by atoms with van der Waals surface area (Å²) < 4.78 is 17.9. The zero-order chi connectivity index (χ0) is 17.2. The van der Waals surface area contributed by atoms with Crippen molar-refractivity contribution < 1.29 is 18.8 Å². The van der Waals surface area contributed by atoms with Crippen molar-refractivity contribution in [3.05, 3.63) is 41.7 Å². The summed E-state index contributed by atoms with van der Waals surface area (Å²) in [4.78, 5) is 17.9. The molecule has 128 valence electrons. The van der Waals surface area contributed by atoms with Gasteiger partial charge in [0, 0.05) is 32.1 Å². The maximum absolute atomic E-state index is 12.9. The number of aliphatic hydroxyl groups is 1. The van der Waals surface area contributed by atoms with E-state index in [0.717, 1.165) is 6.20 Å². The van der Waals surface area contributed by atoms with Crippen LogP contribution in [-0.4, -0.2) is 46.4 Å². The molecule has 2 aromatic rings. The summed E-state index contributed by atoms with van der Waals surface area (Å²) in [5.41, 5.74) is -0.867. The lowest BCUT2D eigenvalue weighted by Gasteiger charge is -2.24. The van der Waals surface area contributed by atoms with Gasteiger partial charge in [0.2, 0.25) is 0 Å². The van der Waals surface area contributed by atoms with Gasteiger partial charge in [-0.3, -0.25) is 4.79 Å². The van der Waals surface area contributed by atoms with Crippen LogP contribution < -0.4 is 10.2 Å². The van der Waals surface area contributed by atoms with Gasteiger partial charge in [-0.25, -0.2) is 9.37 Å². The van der Waals surface area contributed by atoms with Crippen LogP contribution >= 0.6 is 0 Å². The Bertz CT molecular complexity index is 718. The van der Waals surface area contributed by atoms with E-state index in [1.54, 1.807) is 12.1 Å². The molecule has 8 heteroatoms. The molecule has 0 saturated carbocycles. The molecule has 0 spiro atoms. The Morgan fingerprint density at radius 2 is 2.38 bits per heavy atom. The third-order valence-electron chi connectivity index (χ3n) is 4.09. The van der Waals surface area contributed by atoms with Crippen molar-refractivity contribution in [1.82, 2.24) is 15.5 Å². The summed E-state index contributed by atoms with van der Waals surface area (Å²) >= 11 is 0. The first-order valence-corrected chi connectivity index (χ1v) is 7.82. The molecule has 1 atom stereocenters. The molecule has 2 aromatic heterocycles. The second-order valence-electron chi connectivity index (χ2n) is 5.95. The highest BCUT2D eigenvalue weighted by molar-refractivity contribution is 5.92. The van der Waals surface area contributed by atoms with Crippen molar-refractivity contribution in [1.29, 1.82) is 0 Å². The van der Waals surface area contributed by atoms with Crippen LogP contribution in [0, 0.1) is 5.82 Å². The first kappa shape index (κ1) is 16.4. The predicted octanol–water partition coefficient (Wildman–Crippen LogP) is 1.14. The quantitative estimate of drug-likeness (QED) is 0.852. The van der Waals surface area contributed by atoms with E-state index in [-0.39, 0.29) is 18.1 Å². The SMILES string of the molecule is CCc1cc(C(=O)NCC2(O)CCN(c3ccc(F)cn3)C2)no1. The largest absolute Gasteiger partial charge is 0.386 e. The molecule has 24 heavy (non-hydrogen) atoms. The molecule has 2 N–H and O–H groups in total. The standard InChI is InChI=1S/C16H19FN4O3/c1-2-12-7-13(20-24-12)15(22)19-9-16(23)5-6-21(10-16)14-4-3-11(17)8-18-14/h3-4,7-8,23H,2,5-6,9-10H2,1H3,(H,19,22). The maximum Gasteiger partial charge on any atom is 0.273 e. The van der Waals surface area contributed by atoms with Crippen molar-refractivity contribution >= 4 is 11.7 Å². The monoisotopic (exact) mass is 334 g/mol. The van der Waals surface area contributed by atoms with E-state index in [1.807, 2.05) is 11.8 Å². The first-order valence-electron chi connectivity index (χ1n) is 7.82. The van der Waals surface area contributed by atoms with Crippen molar-refractivity contribution in [3.8, 4) is 0 Å². The molecule has 1 amide bonds. The fourth-order valence-electron chi connectivity index (χ4n) is 2.67. The number of hydrogen-bond acceptors (Lipinski definition) is 6. The average molecular weight is 334 g/mol. The van der Waals surface area contributed by atoms with E-state index in [2.05, 4.69) is 15.5 Å². The summed E-state index contributed by atoms with van der Waals surface area (Å²) in [7, 11) is 0. The number of amides is 1. The lowest BCUT2D eigenvalue weighted by molar-refractivity contribution is 0.0573. The molecule has 1 fully saturated rings. The third-order valence-corrected chi connectivity index (χ3v) is 4.09. The average Bonchev–Trinajstić information content (AvgIpc) is 3.21. The molecule has 1 saturated heterocycles. The Balaban J connectivity index is 1.57. The minimum atomic E-state index is -1.07. The van der Waals surface area contributed by atoms with Crippen molar-refractivity contribution in [2.75, 3.05) is 24.5 Å². The van der Waals surface area contributed by atoms with Crippen molar-refractivity contribution in [2.45, 2.75) is 25.4 Å². The van der Waals surface area contributed by atoms with E-state index in [9.17, 15) is 14.3 Å². The summed E-state index contributed by atoms with van der Waals surface area (Å²) in [5, 5.41) is 17.0. The highest BCUT2D eigenvalue weighted by Gasteiger charge is 2.37. The fourth-order valence-corrected chi connectivity index (χ4v) is 2.67. The molecule has 1 aliphatic heterocycles.